The van der Waals surface area contributed by atoms with Crippen LogP contribution in [0.4, 0.5) is 0 Å². The molecule has 136 valence electrons. The van der Waals surface area contributed by atoms with Crippen LogP contribution in [0.1, 0.15) is 37.2 Å². The maximum atomic E-state index is 12.4. The van der Waals surface area contributed by atoms with E-state index in [4.69, 9.17) is 11.6 Å². The average molecular weight is 390 g/mol. The Morgan fingerprint density at radius 1 is 1.27 bits per heavy atom. The van der Waals surface area contributed by atoms with E-state index in [-0.39, 0.29) is 29.9 Å². The van der Waals surface area contributed by atoms with Crippen molar-refractivity contribution in [2.24, 2.45) is 0 Å². The van der Waals surface area contributed by atoms with Gasteiger partial charge in [0.25, 0.3) is 0 Å². The Hall–Kier alpha value is -1.97. The topological polar surface area (TPSA) is 73.2 Å². The highest BCUT2D eigenvalue weighted by Crippen LogP contribution is 2.36. The zero-order chi connectivity index (χ0) is 18.5. The number of nitriles is 1. The van der Waals surface area contributed by atoms with E-state index < -0.39 is 0 Å². The largest absolute Gasteiger partial charge is 0.342 e. The smallest absolute Gasteiger partial charge is 0.232 e. The quantitative estimate of drug-likeness (QED) is 0.856. The van der Waals surface area contributed by atoms with Crippen LogP contribution in [0.25, 0.3) is 0 Å². The van der Waals surface area contributed by atoms with Crippen molar-refractivity contribution in [3.63, 3.8) is 0 Å². The number of hydrogen-bond acceptors (Lipinski definition) is 4. The molecule has 1 N–H and O–H groups in total. The van der Waals surface area contributed by atoms with E-state index in [1.165, 1.54) is 18.2 Å². The predicted octanol–water partition coefficient (Wildman–Crippen LogP) is 3.42. The van der Waals surface area contributed by atoms with Gasteiger partial charge in [0.1, 0.15) is 0 Å². The molecule has 0 saturated carbocycles. The van der Waals surface area contributed by atoms with Gasteiger partial charge in [-0.3, -0.25) is 9.59 Å². The minimum Gasteiger partial charge on any atom is -0.342 e. The zero-order valence-electron chi connectivity index (χ0n) is 14.3. The van der Waals surface area contributed by atoms with Crippen molar-refractivity contribution < 1.29 is 9.59 Å². The number of allylic oxidation sites excluding steroid dienone is 1. The van der Waals surface area contributed by atoms with Crippen LogP contribution in [0.3, 0.4) is 0 Å². The molecule has 5 nitrogen and oxygen atoms in total. The number of piperidine rings is 1. The van der Waals surface area contributed by atoms with Gasteiger partial charge in [-0.1, -0.05) is 35.5 Å². The van der Waals surface area contributed by atoms with Crippen LogP contribution >= 0.6 is 23.4 Å². The molecule has 0 bridgehead atoms. The SMILES string of the molecule is N#CC1=C(SCC(=O)N2CCCCC2)NC(=O)C[C@@H]1c1ccc(Cl)cc1. The summed E-state index contributed by atoms with van der Waals surface area (Å²) in [6.07, 6.45) is 3.46. The van der Waals surface area contributed by atoms with Gasteiger partial charge < -0.3 is 10.2 Å². The minimum absolute atomic E-state index is 0.0577. The van der Waals surface area contributed by atoms with Gasteiger partial charge in [-0.2, -0.15) is 5.26 Å². The molecule has 1 aromatic rings. The van der Waals surface area contributed by atoms with Crippen LogP contribution in [0.2, 0.25) is 5.02 Å². The lowest BCUT2D eigenvalue weighted by Gasteiger charge is -2.28. The van der Waals surface area contributed by atoms with Crippen molar-refractivity contribution >= 4 is 35.2 Å². The van der Waals surface area contributed by atoms with Crippen molar-refractivity contribution in [1.82, 2.24) is 10.2 Å². The zero-order valence-corrected chi connectivity index (χ0v) is 15.9. The summed E-state index contributed by atoms with van der Waals surface area (Å²) in [5.41, 5.74) is 1.38. The first-order valence-corrected chi connectivity index (χ1v) is 10.0. The summed E-state index contributed by atoms with van der Waals surface area (Å²) in [4.78, 5) is 26.4. The van der Waals surface area contributed by atoms with Crippen LogP contribution in [0.15, 0.2) is 34.9 Å². The van der Waals surface area contributed by atoms with E-state index in [1.54, 1.807) is 12.1 Å². The number of rotatable bonds is 4. The highest BCUT2D eigenvalue weighted by molar-refractivity contribution is 8.03. The Balaban J connectivity index is 1.76. The van der Waals surface area contributed by atoms with Gasteiger partial charge in [-0.15, -0.1) is 0 Å². The first kappa shape index (κ1) is 18.8. The molecule has 0 unspecified atom stereocenters. The van der Waals surface area contributed by atoms with Crippen LogP contribution in [-0.2, 0) is 9.59 Å². The maximum Gasteiger partial charge on any atom is 0.232 e. The summed E-state index contributed by atoms with van der Waals surface area (Å²) in [5.74, 6) is -0.161. The molecule has 2 amide bonds. The Morgan fingerprint density at radius 2 is 1.96 bits per heavy atom. The van der Waals surface area contributed by atoms with Crippen LogP contribution in [0.5, 0.6) is 0 Å². The molecule has 0 spiro atoms. The third-order valence-corrected chi connectivity index (χ3v) is 5.93. The molecule has 2 aliphatic heterocycles. The Labute approximate surface area is 162 Å². The molecular weight excluding hydrogens is 370 g/mol. The number of nitrogens with one attached hydrogen (secondary N) is 1. The Kier molecular flexibility index (Phi) is 6.23. The molecule has 2 aliphatic rings. The molecular formula is C19H20ClN3O2S. The fourth-order valence-corrected chi connectivity index (χ4v) is 4.39. The Morgan fingerprint density at radius 3 is 2.62 bits per heavy atom. The van der Waals surface area contributed by atoms with Gasteiger partial charge in [0.05, 0.1) is 22.4 Å². The van der Waals surface area contributed by atoms with Crippen LogP contribution < -0.4 is 5.32 Å². The van der Waals surface area contributed by atoms with Crippen LogP contribution in [-0.4, -0.2) is 35.6 Å². The molecule has 26 heavy (non-hydrogen) atoms. The molecule has 3 rings (SSSR count). The van der Waals surface area contributed by atoms with Gasteiger partial charge in [0.2, 0.25) is 11.8 Å². The molecule has 1 atom stereocenters. The summed E-state index contributed by atoms with van der Waals surface area (Å²) in [6, 6.07) is 9.41. The highest BCUT2D eigenvalue weighted by Gasteiger charge is 2.30. The number of likely N-dealkylation sites (tertiary alicyclic amines) is 1. The summed E-state index contributed by atoms with van der Waals surface area (Å²) in [6.45, 7) is 1.59. The predicted molar refractivity (Wildman–Crippen MR) is 102 cm³/mol. The van der Waals surface area contributed by atoms with Crippen molar-refractivity contribution in [3.8, 4) is 6.07 Å². The molecule has 7 heteroatoms. The van der Waals surface area contributed by atoms with Gasteiger partial charge in [0.15, 0.2) is 0 Å². The number of carbonyl (C=O) groups excluding carboxylic acids is 2. The molecule has 0 radical (unpaired) electrons. The van der Waals surface area contributed by atoms with Gasteiger partial charge in [0, 0.05) is 30.5 Å². The molecule has 0 aliphatic carbocycles. The van der Waals surface area contributed by atoms with Gasteiger partial charge in [-0.05, 0) is 37.0 Å². The monoisotopic (exact) mass is 389 g/mol. The number of amides is 2. The number of thioether (sulfide) groups is 1. The molecule has 1 fully saturated rings. The van der Waals surface area contributed by atoms with Gasteiger partial charge >= 0.3 is 0 Å². The van der Waals surface area contributed by atoms with Crippen molar-refractivity contribution in [3.05, 3.63) is 45.5 Å². The number of hydrogen-bond donors (Lipinski definition) is 1. The molecule has 2 heterocycles. The first-order chi connectivity index (χ1) is 12.6. The molecule has 1 saturated heterocycles. The Bertz CT molecular complexity index is 764. The summed E-state index contributed by atoms with van der Waals surface area (Å²) >= 11 is 7.18. The number of halogens is 1. The summed E-state index contributed by atoms with van der Waals surface area (Å²) in [7, 11) is 0. The lowest BCUT2D eigenvalue weighted by atomic mass is 9.87. The van der Waals surface area contributed by atoms with E-state index >= 15 is 0 Å². The van der Waals surface area contributed by atoms with Crippen molar-refractivity contribution in [2.75, 3.05) is 18.8 Å². The lowest BCUT2D eigenvalue weighted by Crippen LogP contribution is -2.37. The highest BCUT2D eigenvalue weighted by atomic mass is 35.5. The van der Waals surface area contributed by atoms with Crippen molar-refractivity contribution in [2.45, 2.75) is 31.6 Å². The van der Waals surface area contributed by atoms with E-state index in [9.17, 15) is 14.9 Å². The second kappa shape index (κ2) is 8.61. The normalized spacial score (nSPS) is 20.5. The lowest BCUT2D eigenvalue weighted by molar-refractivity contribution is -0.129. The maximum absolute atomic E-state index is 12.4. The molecule has 1 aromatic carbocycles. The second-order valence-corrected chi connectivity index (χ2v) is 7.86. The summed E-state index contributed by atoms with van der Waals surface area (Å²) < 4.78 is 0. The fraction of sp³-hybridized carbons (Fsp3) is 0.421. The standard InChI is InChI=1S/C19H20ClN3O2S/c20-14-6-4-13(5-7-14)15-10-17(24)22-19(16(15)11-21)26-12-18(25)23-8-2-1-3-9-23/h4-7,15H,1-3,8-10,12H2,(H,22,24)/t15-/m1/s1. The van der Waals surface area contributed by atoms with E-state index in [0.29, 0.717) is 15.6 Å². The minimum atomic E-state index is -0.307. The third kappa shape index (κ3) is 4.40. The second-order valence-electron chi connectivity index (χ2n) is 6.44. The third-order valence-electron chi connectivity index (χ3n) is 4.68. The molecule has 0 aromatic heterocycles. The number of benzene rings is 1. The van der Waals surface area contributed by atoms with E-state index in [2.05, 4.69) is 11.4 Å². The van der Waals surface area contributed by atoms with Gasteiger partial charge in [-0.25, -0.2) is 0 Å². The van der Waals surface area contributed by atoms with Crippen LogP contribution in [0, 0.1) is 11.3 Å². The van der Waals surface area contributed by atoms with Crippen molar-refractivity contribution in [1.29, 1.82) is 5.26 Å². The van der Waals surface area contributed by atoms with E-state index in [1.807, 2.05) is 17.0 Å². The fourth-order valence-electron chi connectivity index (χ4n) is 3.28. The van der Waals surface area contributed by atoms with E-state index in [0.717, 1.165) is 31.5 Å². The summed E-state index contributed by atoms with van der Waals surface area (Å²) in [5, 5.41) is 13.5. The number of nitrogens with zero attached hydrogens (tertiary/aromatic N) is 2. The average Bonchev–Trinajstić information content (AvgIpc) is 2.67. The first-order valence-electron chi connectivity index (χ1n) is 8.68. The number of carbonyl (C=O) groups is 2.